The Labute approximate surface area is 152 Å². The highest BCUT2D eigenvalue weighted by atomic mass is 35.5. The molecule has 1 aromatic carbocycles. The van der Waals surface area contributed by atoms with E-state index in [-0.39, 0.29) is 18.7 Å². The molecule has 24 heavy (non-hydrogen) atoms. The number of carbonyl (C=O) groups is 2. The molecule has 0 radical (unpaired) electrons. The van der Waals surface area contributed by atoms with E-state index in [4.69, 9.17) is 33.0 Å². The van der Waals surface area contributed by atoms with Crippen molar-refractivity contribution in [2.75, 3.05) is 31.5 Å². The standard InChI is InChI=1S/C17H23Cl2NO4/c1-2-24-15-5-3-13(4-6-15)14(12-17(22)23)11-16(21)20(9-7-18)10-8-19/h3-6,14H,2,7-12H2,1H3,(H,22,23)/t14-/m1/s1. The largest absolute Gasteiger partial charge is 0.494 e. The molecule has 0 aliphatic heterocycles. The monoisotopic (exact) mass is 375 g/mol. The summed E-state index contributed by atoms with van der Waals surface area (Å²) in [4.78, 5) is 25.2. The average molecular weight is 376 g/mol. The van der Waals surface area contributed by atoms with Crippen LogP contribution < -0.4 is 4.74 Å². The van der Waals surface area contributed by atoms with Gasteiger partial charge in [0.2, 0.25) is 5.91 Å². The minimum absolute atomic E-state index is 0.105. The van der Waals surface area contributed by atoms with Crippen molar-refractivity contribution in [3.8, 4) is 5.75 Å². The maximum Gasteiger partial charge on any atom is 0.303 e. The van der Waals surface area contributed by atoms with Gasteiger partial charge < -0.3 is 14.7 Å². The first-order valence-corrected chi connectivity index (χ1v) is 8.93. The summed E-state index contributed by atoms with van der Waals surface area (Å²) < 4.78 is 5.38. The van der Waals surface area contributed by atoms with E-state index in [1.165, 1.54) is 0 Å². The van der Waals surface area contributed by atoms with E-state index in [0.29, 0.717) is 37.2 Å². The molecular formula is C17H23Cl2NO4. The molecule has 0 saturated heterocycles. The zero-order chi connectivity index (χ0) is 17.9. The first-order chi connectivity index (χ1) is 11.5. The number of amides is 1. The van der Waals surface area contributed by atoms with E-state index < -0.39 is 11.9 Å². The maximum atomic E-state index is 12.4. The van der Waals surface area contributed by atoms with Crippen molar-refractivity contribution in [1.29, 1.82) is 0 Å². The fourth-order valence-electron chi connectivity index (χ4n) is 2.43. The van der Waals surface area contributed by atoms with Gasteiger partial charge in [0.05, 0.1) is 13.0 Å². The van der Waals surface area contributed by atoms with Crippen LogP contribution in [0, 0.1) is 0 Å². The lowest BCUT2D eigenvalue weighted by Crippen LogP contribution is -2.35. The van der Waals surface area contributed by atoms with E-state index in [0.717, 1.165) is 5.56 Å². The molecule has 1 atom stereocenters. The van der Waals surface area contributed by atoms with Crippen molar-refractivity contribution in [1.82, 2.24) is 4.90 Å². The van der Waals surface area contributed by atoms with Gasteiger partial charge in [0.1, 0.15) is 5.75 Å². The summed E-state index contributed by atoms with van der Waals surface area (Å²) in [6.07, 6.45) is -0.0105. The molecule has 0 fully saturated rings. The number of carboxylic acid groups (broad SMARTS) is 1. The number of hydrogen-bond donors (Lipinski definition) is 1. The molecule has 0 unspecified atom stereocenters. The van der Waals surface area contributed by atoms with Crippen molar-refractivity contribution in [2.24, 2.45) is 0 Å². The summed E-state index contributed by atoms with van der Waals surface area (Å²) in [6, 6.07) is 7.18. The number of aliphatic carboxylic acids is 1. The number of alkyl halides is 2. The fraction of sp³-hybridized carbons (Fsp3) is 0.529. The van der Waals surface area contributed by atoms with E-state index in [9.17, 15) is 9.59 Å². The highest BCUT2D eigenvalue weighted by Crippen LogP contribution is 2.26. The van der Waals surface area contributed by atoms with Crippen LogP contribution in [0.3, 0.4) is 0 Å². The maximum absolute atomic E-state index is 12.4. The third-order valence-electron chi connectivity index (χ3n) is 3.57. The highest BCUT2D eigenvalue weighted by molar-refractivity contribution is 6.18. The van der Waals surface area contributed by atoms with Gasteiger partial charge in [-0.25, -0.2) is 0 Å². The van der Waals surface area contributed by atoms with E-state index in [1.807, 2.05) is 6.92 Å². The molecule has 134 valence electrons. The van der Waals surface area contributed by atoms with Crippen LogP contribution in [0.25, 0.3) is 0 Å². The minimum atomic E-state index is -0.942. The zero-order valence-corrected chi connectivity index (χ0v) is 15.2. The molecule has 5 nitrogen and oxygen atoms in total. The predicted molar refractivity (Wildman–Crippen MR) is 95.2 cm³/mol. The molecule has 1 amide bonds. The van der Waals surface area contributed by atoms with Crippen LogP contribution in [0.15, 0.2) is 24.3 Å². The number of hydrogen-bond acceptors (Lipinski definition) is 3. The third kappa shape index (κ3) is 6.97. The molecule has 0 spiro atoms. The second-order valence-electron chi connectivity index (χ2n) is 5.26. The zero-order valence-electron chi connectivity index (χ0n) is 13.7. The Balaban J connectivity index is 2.87. The van der Waals surface area contributed by atoms with E-state index in [1.54, 1.807) is 29.2 Å². The minimum Gasteiger partial charge on any atom is -0.494 e. The molecule has 0 aliphatic rings. The smallest absolute Gasteiger partial charge is 0.303 e. The first kappa shape index (κ1) is 20.6. The molecule has 0 heterocycles. The molecule has 0 bridgehead atoms. The first-order valence-electron chi connectivity index (χ1n) is 7.86. The van der Waals surface area contributed by atoms with Crippen LogP contribution >= 0.6 is 23.2 Å². The van der Waals surface area contributed by atoms with Gasteiger partial charge in [-0.05, 0) is 24.6 Å². The van der Waals surface area contributed by atoms with Crippen molar-refractivity contribution in [3.63, 3.8) is 0 Å². The number of carboxylic acids is 1. The Morgan fingerprint density at radius 1 is 1.12 bits per heavy atom. The molecule has 1 rings (SSSR count). The van der Waals surface area contributed by atoms with Crippen LogP contribution in [-0.2, 0) is 9.59 Å². The normalized spacial score (nSPS) is 11.8. The second-order valence-corrected chi connectivity index (χ2v) is 6.02. The topological polar surface area (TPSA) is 66.8 Å². The van der Waals surface area contributed by atoms with E-state index >= 15 is 0 Å². The quantitative estimate of drug-likeness (QED) is 0.602. The summed E-state index contributed by atoms with van der Waals surface area (Å²) in [5.41, 5.74) is 0.797. The molecular weight excluding hydrogens is 353 g/mol. The van der Waals surface area contributed by atoms with Gasteiger partial charge in [-0.2, -0.15) is 0 Å². The summed E-state index contributed by atoms with van der Waals surface area (Å²) in [5, 5.41) is 9.15. The van der Waals surface area contributed by atoms with Crippen LogP contribution in [-0.4, -0.2) is 53.3 Å². The number of rotatable bonds is 11. The second kappa shape index (κ2) is 11.2. The Morgan fingerprint density at radius 3 is 2.17 bits per heavy atom. The molecule has 0 aliphatic carbocycles. The Morgan fingerprint density at radius 2 is 1.71 bits per heavy atom. The Hall–Kier alpha value is -1.46. The van der Waals surface area contributed by atoms with Crippen LogP contribution in [0.5, 0.6) is 5.75 Å². The highest BCUT2D eigenvalue weighted by Gasteiger charge is 2.22. The predicted octanol–water partition coefficient (Wildman–Crippen LogP) is 3.34. The lowest BCUT2D eigenvalue weighted by Gasteiger charge is -2.23. The number of nitrogens with zero attached hydrogens (tertiary/aromatic N) is 1. The van der Waals surface area contributed by atoms with Crippen molar-refractivity contribution in [2.45, 2.75) is 25.7 Å². The third-order valence-corrected chi connectivity index (χ3v) is 3.90. The lowest BCUT2D eigenvalue weighted by molar-refractivity contribution is -0.137. The van der Waals surface area contributed by atoms with E-state index in [2.05, 4.69) is 0 Å². The van der Waals surface area contributed by atoms with Crippen LogP contribution in [0.1, 0.15) is 31.2 Å². The molecule has 0 aromatic heterocycles. The molecule has 1 aromatic rings. The molecule has 1 N–H and O–H groups in total. The van der Waals surface area contributed by atoms with Crippen molar-refractivity contribution < 1.29 is 19.4 Å². The van der Waals surface area contributed by atoms with Gasteiger partial charge in [-0.15, -0.1) is 23.2 Å². The lowest BCUT2D eigenvalue weighted by atomic mass is 9.92. The van der Waals surface area contributed by atoms with Gasteiger partial charge >= 0.3 is 5.97 Å². The SMILES string of the molecule is CCOc1ccc([C@@H](CC(=O)O)CC(=O)N(CCCl)CCCl)cc1. The number of benzene rings is 1. The Bertz CT molecular complexity index is 516. The van der Waals surface area contributed by atoms with Crippen LogP contribution in [0.4, 0.5) is 0 Å². The summed E-state index contributed by atoms with van der Waals surface area (Å²) >= 11 is 11.4. The summed E-state index contributed by atoms with van der Waals surface area (Å²) in [6.45, 7) is 3.25. The number of ether oxygens (including phenoxy) is 1. The molecule has 0 saturated carbocycles. The van der Waals surface area contributed by atoms with Gasteiger partial charge in [-0.1, -0.05) is 12.1 Å². The number of carbonyl (C=O) groups excluding carboxylic acids is 1. The average Bonchev–Trinajstić information content (AvgIpc) is 2.54. The Kier molecular flexibility index (Phi) is 9.57. The van der Waals surface area contributed by atoms with Gasteiger partial charge in [0, 0.05) is 37.2 Å². The van der Waals surface area contributed by atoms with Crippen LogP contribution in [0.2, 0.25) is 0 Å². The molecule has 7 heteroatoms. The van der Waals surface area contributed by atoms with Gasteiger partial charge in [-0.3, -0.25) is 9.59 Å². The van der Waals surface area contributed by atoms with Gasteiger partial charge in [0.15, 0.2) is 0 Å². The van der Waals surface area contributed by atoms with Crippen molar-refractivity contribution in [3.05, 3.63) is 29.8 Å². The fourth-order valence-corrected chi connectivity index (χ4v) is 2.83. The summed E-state index contributed by atoms with van der Waals surface area (Å²) in [5.74, 6) is -0.143. The van der Waals surface area contributed by atoms with Gasteiger partial charge in [0.25, 0.3) is 0 Å². The van der Waals surface area contributed by atoms with Crippen molar-refractivity contribution >= 4 is 35.1 Å². The summed E-state index contributed by atoms with van der Waals surface area (Å²) in [7, 11) is 0. The number of halogens is 2.